The molecular weight excluding hydrogens is 309 g/mol. The van der Waals surface area contributed by atoms with Crippen LogP contribution in [0.2, 0.25) is 0 Å². The number of halogens is 1. The fourth-order valence-electron chi connectivity index (χ4n) is 2.55. The van der Waals surface area contributed by atoms with Gasteiger partial charge in [0, 0.05) is 11.4 Å². The highest BCUT2D eigenvalue weighted by atomic mass is 19.1. The van der Waals surface area contributed by atoms with Crippen LogP contribution in [0.4, 0.5) is 4.39 Å². The third-order valence-corrected chi connectivity index (χ3v) is 3.73. The Morgan fingerprint density at radius 3 is 2.67 bits per heavy atom. The first-order valence-corrected chi connectivity index (χ1v) is 7.67. The first kappa shape index (κ1) is 16.0. The minimum absolute atomic E-state index is 0.0629. The second-order valence-electron chi connectivity index (χ2n) is 5.80. The van der Waals surface area contributed by atoms with Gasteiger partial charge in [-0.3, -0.25) is 4.79 Å². The first-order valence-electron chi connectivity index (χ1n) is 7.67. The zero-order chi connectivity index (χ0) is 17.3. The van der Waals surface area contributed by atoms with E-state index in [9.17, 15) is 9.18 Å². The minimum Gasteiger partial charge on any atom is -0.349 e. The molecule has 3 rings (SSSR count). The Hall–Kier alpha value is -2.83. The van der Waals surface area contributed by atoms with Crippen molar-refractivity contribution in [3.05, 3.63) is 58.9 Å². The molecule has 0 aliphatic rings. The van der Waals surface area contributed by atoms with Crippen LogP contribution < -0.4 is 5.32 Å². The number of hydrogen-bond donors (Lipinski definition) is 1. The van der Waals surface area contributed by atoms with Gasteiger partial charge in [-0.1, -0.05) is 12.1 Å². The van der Waals surface area contributed by atoms with Crippen LogP contribution in [-0.4, -0.2) is 25.5 Å². The van der Waals surface area contributed by atoms with E-state index in [-0.39, 0.29) is 24.2 Å². The smallest absolute Gasteiger partial charge is 0.252 e. The second-order valence-corrected chi connectivity index (χ2v) is 5.80. The Balaban J connectivity index is 1.70. The van der Waals surface area contributed by atoms with E-state index in [0.717, 1.165) is 17.0 Å². The van der Waals surface area contributed by atoms with Gasteiger partial charge >= 0.3 is 0 Å². The van der Waals surface area contributed by atoms with E-state index in [0.29, 0.717) is 11.6 Å². The third-order valence-electron chi connectivity index (χ3n) is 3.73. The number of hydrogen-bond acceptors (Lipinski definition) is 4. The Labute approximate surface area is 138 Å². The molecule has 0 saturated carbocycles. The summed E-state index contributed by atoms with van der Waals surface area (Å²) in [6.07, 6.45) is 0.0629. The lowest BCUT2D eigenvalue weighted by Crippen LogP contribution is -2.28. The fraction of sp³-hybridized carbons (Fsp3) is 0.294. The van der Waals surface area contributed by atoms with E-state index >= 15 is 0 Å². The molecule has 2 aromatic heterocycles. The fourth-order valence-corrected chi connectivity index (χ4v) is 2.55. The second kappa shape index (κ2) is 6.35. The highest BCUT2D eigenvalue weighted by Crippen LogP contribution is 2.13. The Bertz CT molecular complexity index is 888. The number of carbonyl (C=O) groups is 1. The Kier molecular flexibility index (Phi) is 4.24. The van der Waals surface area contributed by atoms with E-state index in [4.69, 9.17) is 0 Å². The summed E-state index contributed by atoms with van der Waals surface area (Å²) in [4.78, 5) is 20.8. The quantitative estimate of drug-likeness (QED) is 0.798. The summed E-state index contributed by atoms with van der Waals surface area (Å²) in [6, 6.07) is 7.73. The zero-order valence-electron chi connectivity index (χ0n) is 13.7. The standard InChI is InChI=1S/C17H18FN5O/c1-10-8-11(2)23-17(19-10)21-15(22-23)9-16(24)20-12(3)13-4-6-14(18)7-5-13/h4-8,12H,9H2,1-3H3,(H,20,24)/t12-/m0/s1. The van der Waals surface area contributed by atoms with Crippen molar-refractivity contribution in [2.75, 3.05) is 0 Å². The molecule has 0 aliphatic carbocycles. The summed E-state index contributed by atoms with van der Waals surface area (Å²) in [6.45, 7) is 5.65. The number of nitrogens with zero attached hydrogens (tertiary/aromatic N) is 4. The predicted molar refractivity (Wildman–Crippen MR) is 86.9 cm³/mol. The number of aryl methyl sites for hydroxylation is 2. The average molecular weight is 327 g/mol. The monoisotopic (exact) mass is 327 g/mol. The number of fused-ring (bicyclic) bond motifs is 1. The molecule has 3 aromatic rings. The summed E-state index contributed by atoms with van der Waals surface area (Å²) >= 11 is 0. The molecule has 0 spiro atoms. The maximum Gasteiger partial charge on any atom is 0.252 e. The summed E-state index contributed by atoms with van der Waals surface area (Å²) < 4.78 is 14.6. The summed E-state index contributed by atoms with van der Waals surface area (Å²) in [5.74, 6) is 0.406. The van der Waals surface area contributed by atoms with Crippen LogP contribution in [-0.2, 0) is 11.2 Å². The number of amides is 1. The average Bonchev–Trinajstić information content (AvgIpc) is 2.90. The molecule has 0 unspecified atom stereocenters. The number of aromatic nitrogens is 4. The van der Waals surface area contributed by atoms with Gasteiger partial charge in [0.15, 0.2) is 5.82 Å². The van der Waals surface area contributed by atoms with Gasteiger partial charge in [-0.05, 0) is 44.5 Å². The third kappa shape index (κ3) is 3.40. The molecule has 0 radical (unpaired) electrons. The number of carbonyl (C=O) groups excluding carboxylic acids is 1. The van der Waals surface area contributed by atoms with Crippen LogP contribution in [0.5, 0.6) is 0 Å². The van der Waals surface area contributed by atoms with Gasteiger partial charge in [-0.25, -0.2) is 13.9 Å². The normalized spacial score (nSPS) is 12.3. The van der Waals surface area contributed by atoms with Gasteiger partial charge in [0.1, 0.15) is 5.82 Å². The molecule has 24 heavy (non-hydrogen) atoms. The van der Waals surface area contributed by atoms with Crippen LogP contribution in [0.1, 0.15) is 35.7 Å². The highest BCUT2D eigenvalue weighted by Gasteiger charge is 2.14. The number of nitrogens with one attached hydrogen (secondary N) is 1. The zero-order valence-corrected chi connectivity index (χ0v) is 13.7. The van der Waals surface area contributed by atoms with Crippen molar-refractivity contribution in [1.29, 1.82) is 0 Å². The van der Waals surface area contributed by atoms with Gasteiger partial charge < -0.3 is 5.32 Å². The molecule has 6 nitrogen and oxygen atoms in total. The lowest BCUT2D eigenvalue weighted by atomic mass is 10.1. The molecule has 0 saturated heterocycles. The maximum absolute atomic E-state index is 13.0. The number of rotatable bonds is 4. The number of benzene rings is 1. The molecule has 124 valence electrons. The van der Waals surface area contributed by atoms with Crippen LogP contribution in [0.25, 0.3) is 5.78 Å². The summed E-state index contributed by atoms with van der Waals surface area (Å²) in [5, 5.41) is 7.18. The topological polar surface area (TPSA) is 72.2 Å². The lowest BCUT2D eigenvalue weighted by Gasteiger charge is -2.13. The van der Waals surface area contributed by atoms with E-state index < -0.39 is 0 Å². The van der Waals surface area contributed by atoms with Gasteiger partial charge in [-0.2, -0.15) is 4.98 Å². The van der Waals surface area contributed by atoms with Crippen LogP contribution in [0.3, 0.4) is 0 Å². The molecule has 0 bridgehead atoms. The van der Waals surface area contributed by atoms with Gasteiger partial charge in [0.05, 0.1) is 12.5 Å². The van der Waals surface area contributed by atoms with Gasteiger partial charge in [0.2, 0.25) is 5.91 Å². The summed E-state index contributed by atoms with van der Waals surface area (Å²) in [5.41, 5.74) is 2.60. The van der Waals surface area contributed by atoms with E-state index in [1.807, 2.05) is 26.8 Å². The predicted octanol–water partition coefficient (Wildman–Crippen LogP) is 2.30. The van der Waals surface area contributed by atoms with Crippen LogP contribution in [0, 0.1) is 19.7 Å². The van der Waals surface area contributed by atoms with E-state index in [1.54, 1.807) is 16.6 Å². The molecule has 1 amide bonds. The minimum atomic E-state index is -0.302. The van der Waals surface area contributed by atoms with Gasteiger partial charge in [0.25, 0.3) is 5.78 Å². The molecule has 2 heterocycles. The van der Waals surface area contributed by atoms with Gasteiger partial charge in [-0.15, -0.1) is 5.10 Å². The van der Waals surface area contributed by atoms with E-state index in [1.165, 1.54) is 12.1 Å². The Morgan fingerprint density at radius 2 is 1.96 bits per heavy atom. The largest absolute Gasteiger partial charge is 0.349 e. The SMILES string of the molecule is Cc1cc(C)n2nc(CC(=O)N[C@@H](C)c3ccc(F)cc3)nc2n1. The maximum atomic E-state index is 13.0. The van der Waals surface area contributed by atoms with Crippen molar-refractivity contribution in [2.45, 2.75) is 33.2 Å². The molecule has 7 heteroatoms. The van der Waals surface area contributed by atoms with Crippen molar-refractivity contribution in [3.63, 3.8) is 0 Å². The van der Waals surface area contributed by atoms with Crippen molar-refractivity contribution >= 4 is 11.7 Å². The van der Waals surface area contributed by atoms with Crippen molar-refractivity contribution in [3.8, 4) is 0 Å². The molecule has 1 N–H and O–H groups in total. The highest BCUT2D eigenvalue weighted by molar-refractivity contribution is 5.78. The Morgan fingerprint density at radius 1 is 1.25 bits per heavy atom. The molecule has 0 fully saturated rings. The molecule has 1 atom stereocenters. The van der Waals surface area contributed by atoms with Crippen molar-refractivity contribution < 1.29 is 9.18 Å². The lowest BCUT2D eigenvalue weighted by molar-refractivity contribution is -0.121. The first-order chi connectivity index (χ1) is 11.4. The van der Waals surface area contributed by atoms with Crippen LogP contribution >= 0.6 is 0 Å². The van der Waals surface area contributed by atoms with Crippen molar-refractivity contribution in [1.82, 2.24) is 24.9 Å². The molecule has 1 aromatic carbocycles. The van der Waals surface area contributed by atoms with Crippen molar-refractivity contribution in [2.24, 2.45) is 0 Å². The van der Waals surface area contributed by atoms with E-state index in [2.05, 4.69) is 20.4 Å². The summed E-state index contributed by atoms with van der Waals surface area (Å²) in [7, 11) is 0. The molecular formula is C17H18FN5O. The van der Waals surface area contributed by atoms with Crippen LogP contribution in [0.15, 0.2) is 30.3 Å². The molecule has 0 aliphatic heterocycles.